The minimum Gasteiger partial charge on any atom is -0.484 e. The van der Waals surface area contributed by atoms with Crippen molar-refractivity contribution in [2.45, 2.75) is 30.7 Å². The summed E-state index contributed by atoms with van der Waals surface area (Å²) in [5.41, 5.74) is 1.13. The number of carbonyl (C=O) groups excluding carboxylic acids is 1. The molecule has 1 aliphatic heterocycles. The number of aryl methyl sites for hydroxylation is 1. The predicted molar refractivity (Wildman–Crippen MR) is 103 cm³/mol. The van der Waals surface area contributed by atoms with Crippen molar-refractivity contribution in [2.24, 2.45) is 0 Å². The number of hydrogen-bond acceptors (Lipinski definition) is 4. The summed E-state index contributed by atoms with van der Waals surface area (Å²) in [6, 6.07) is 15.9. The lowest BCUT2D eigenvalue weighted by molar-refractivity contribution is -0.124. The zero-order chi connectivity index (χ0) is 19.3. The second-order valence-electron chi connectivity index (χ2n) is 6.66. The van der Waals surface area contributed by atoms with Gasteiger partial charge in [-0.3, -0.25) is 4.79 Å². The van der Waals surface area contributed by atoms with Gasteiger partial charge in [-0.15, -0.1) is 0 Å². The Balaban J connectivity index is 1.46. The molecule has 0 spiro atoms. The third kappa shape index (κ3) is 5.08. The molecule has 6 nitrogen and oxygen atoms in total. The maximum Gasteiger partial charge on any atom is 0.258 e. The fourth-order valence-electron chi connectivity index (χ4n) is 3.03. The second-order valence-corrected chi connectivity index (χ2v) is 8.60. The monoisotopic (exact) mass is 388 g/mol. The van der Waals surface area contributed by atoms with E-state index >= 15 is 0 Å². The number of nitrogens with one attached hydrogen (secondary N) is 1. The first-order valence-corrected chi connectivity index (χ1v) is 10.4. The summed E-state index contributed by atoms with van der Waals surface area (Å²) in [5, 5.41) is 2.93. The van der Waals surface area contributed by atoms with Crippen LogP contribution in [0, 0.1) is 6.92 Å². The summed E-state index contributed by atoms with van der Waals surface area (Å²) >= 11 is 0. The van der Waals surface area contributed by atoms with Crippen LogP contribution in [0.3, 0.4) is 0 Å². The molecule has 3 rings (SSSR count). The van der Waals surface area contributed by atoms with Crippen LogP contribution in [0.1, 0.15) is 18.4 Å². The van der Waals surface area contributed by atoms with Gasteiger partial charge >= 0.3 is 0 Å². The first-order valence-electron chi connectivity index (χ1n) is 8.99. The van der Waals surface area contributed by atoms with E-state index in [0.29, 0.717) is 36.6 Å². The fourth-order valence-corrected chi connectivity index (χ4v) is 4.53. The number of ether oxygens (including phenoxy) is 1. The summed E-state index contributed by atoms with van der Waals surface area (Å²) in [7, 11) is -3.47. The lowest BCUT2D eigenvalue weighted by Gasteiger charge is -2.31. The minimum atomic E-state index is -3.47. The number of rotatable bonds is 6. The van der Waals surface area contributed by atoms with Crippen molar-refractivity contribution in [1.29, 1.82) is 0 Å². The Bertz CT molecular complexity index is 859. The van der Waals surface area contributed by atoms with Crippen LogP contribution in [0.25, 0.3) is 0 Å². The number of carbonyl (C=O) groups is 1. The molecule has 144 valence electrons. The molecule has 0 radical (unpaired) electrons. The molecule has 1 saturated heterocycles. The molecule has 2 aromatic carbocycles. The standard InChI is InChI=1S/C20H24N2O4S/c1-16-7-9-18(10-8-16)26-15-20(23)21-17-11-13-22(14-12-17)27(24,25)19-5-3-2-4-6-19/h2-10,17H,11-15H2,1H3,(H,21,23). The molecule has 2 aromatic rings. The lowest BCUT2D eigenvalue weighted by atomic mass is 10.1. The maximum atomic E-state index is 12.6. The molecule has 0 aromatic heterocycles. The second kappa shape index (κ2) is 8.54. The molecule has 1 heterocycles. The molecule has 1 amide bonds. The third-order valence-electron chi connectivity index (χ3n) is 4.59. The Labute approximate surface area is 160 Å². The summed E-state index contributed by atoms with van der Waals surface area (Å²) in [5.74, 6) is 0.458. The van der Waals surface area contributed by atoms with Gasteiger partial charge in [-0.25, -0.2) is 8.42 Å². The zero-order valence-corrected chi connectivity index (χ0v) is 16.1. The molecular formula is C20H24N2O4S. The van der Waals surface area contributed by atoms with E-state index in [1.165, 1.54) is 4.31 Å². The topological polar surface area (TPSA) is 75.7 Å². The van der Waals surface area contributed by atoms with Crippen LogP contribution in [0.4, 0.5) is 0 Å². The van der Waals surface area contributed by atoms with Crippen molar-refractivity contribution in [3.05, 3.63) is 60.2 Å². The largest absolute Gasteiger partial charge is 0.484 e. The van der Waals surface area contributed by atoms with E-state index in [-0.39, 0.29) is 18.6 Å². The Kier molecular flexibility index (Phi) is 6.13. The molecule has 1 fully saturated rings. The average Bonchev–Trinajstić information content (AvgIpc) is 2.69. The number of benzene rings is 2. The van der Waals surface area contributed by atoms with Gasteiger partial charge < -0.3 is 10.1 Å². The highest BCUT2D eigenvalue weighted by Crippen LogP contribution is 2.20. The molecule has 1 aliphatic rings. The van der Waals surface area contributed by atoms with Gasteiger partial charge in [0.25, 0.3) is 5.91 Å². The molecular weight excluding hydrogens is 364 g/mol. The number of amides is 1. The Hall–Kier alpha value is -2.38. The minimum absolute atomic E-state index is 0.0404. The van der Waals surface area contributed by atoms with Gasteiger partial charge in [-0.2, -0.15) is 4.31 Å². The average molecular weight is 388 g/mol. The molecule has 7 heteroatoms. The molecule has 0 unspecified atom stereocenters. The number of hydrogen-bond donors (Lipinski definition) is 1. The third-order valence-corrected chi connectivity index (χ3v) is 6.50. The fraction of sp³-hybridized carbons (Fsp3) is 0.350. The maximum absolute atomic E-state index is 12.6. The van der Waals surface area contributed by atoms with Gasteiger partial charge in [0.1, 0.15) is 5.75 Å². The van der Waals surface area contributed by atoms with Crippen molar-refractivity contribution in [2.75, 3.05) is 19.7 Å². The zero-order valence-electron chi connectivity index (χ0n) is 15.3. The van der Waals surface area contributed by atoms with Gasteiger partial charge in [0.05, 0.1) is 4.90 Å². The van der Waals surface area contributed by atoms with E-state index in [2.05, 4.69) is 5.32 Å². The molecule has 0 atom stereocenters. The van der Waals surface area contributed by atoms with Crippen LogP contribution >= 0.6 is 0 Å². The summed E-state index contributed by atoms with van der Waals surface area (Å²) < 4.78 is 32.2. The first kappa shape index (κ1) is 19.4. The van der Waals surface area contributed by atoms with Gasteiger partial charge in [0.2, 0.25) is 10.0 Å². The van der Waals surface area contributed by atoms with Crippen LogP contribution < -0.4 is 10.1 Å². The van der Waals surface area contributed by atoms with Crippen LogP contribution in [-0.4, -0.2) is 44.4 Å². The van der Waals surface area contributed by atoms with E-state index in [9.17, 15) is 13.2 Å². The molecule has 0 bridgehead atoms. The highest BCUT2D eigenvalue weighted by Gasteiger charge is 2.29. The van der Waals surface area contributed by atoms with Crippen LogP contribution in [0.2, 0.25) is 0 Å². The van der Waals surface area contributed by atoms with Gasteiger partial charge in [0, 0.05) is 19.1 Å². The SMILES string of the molecule is Cc1ccc(OCC(=O)NC2CCN(S(=O)(=O)c3ccccc3)CC2)cc1. The van der Waals surface area contributed by atoms with Gasteiger partial charge in [-0.05, 0) is 44.0 Å². The van der Waals surface area contributed by atoms with E-state index < -0.39 is 10.0 Å². The van der Waals surface area contributed by atoms with E-state index in [1.807, 2.05) is 31.2 Å². The first-order chi connectivity index (χ1) is 12.9. The Morgan fingerprint density at radius 3 is 2.33 bits per heavy atom. The van der Waals surface area contributed by atoms with Crippen molar-refractivity contribution < 1.29 is 17.9 Å². The summed E-state index contributed by atoms with van der Waals surface area (Å²) in [4.78, 5) is 12.4. The quantitative estimate of drug-likeness (QED) is 0.824. The van der Waals surface area contributed by atoms with Gasteiger partial charge in [-0.1, -0.05) is 35.9 Å². The van der Waals surface area contributed by atoms with Crippen molar-refractivity contribution >= 4 is 15.9 Å². The molecule has 0 saturated carbocycles. The molecule has 27 heavy (non-hydrogen) atoms. The number of sulfonamides is 1. The highest BCUT2D eigenvalue weighted by atomic mass is 32.2. The van der Waals surface area contributed by atoms with Crippen LogP contribution in [0.5, 0.6) is 5.75 Å². The summed E-state index contributed by atoms with van der Waals surface area (Å²) in [6.07, 6.45) is 1.17. The van der Waals surface area contributed by atoms with Crippen molar-refractivity contribution in [1.82, 2.24) is 9.62 Å². The Morgan fingerprint density at radius 1 is 1.07 bits per heavy atom. The van der Waals surface area contributed by atoms with E-state index in [1.54, 1.807) is 30.3 Å². The van der Waals surface area contributed by atoms with Gasteiger partial charge in [0.15, 0.2) is 6.61 Å². The molecule has 0 aliphatic carbocycles. The predicted octanol–water partition coefficient (Wildman–Crippen LogP) is 2.34. The summed E-state index contributed by atoms with van der Waals surface area (Å²) in [6.45, 7) is 2.72. The molecule has 1 N–H and O–H groups in total. The smallest absolute Gasteiger partial charge is 0.258 e. The van der Waals surface area contributed by atoms with Crippen molar-refractivity contribution in [3.63, 3.8) is 0 Å². The normalized spacial score (nSPS) is 16.0. The van der Waals surface area contributed by atoms with E-state index in [0.717, 1.165) is 5.56 Å². The van der Waals surface area contributed by atoms with Crippen LogP contribution in [0.15, 0.2) is 59.5 Å². The number of piperidine rings is 1. The van der Waals surface area contributed by atoms with E-state index in [4.69, 9.17) is 4.74 Å². The highest BCUT2D eigenvalue weighted by molar-refractivity contribution is 7.89. The lowest BCUT2D eigenvalue weighted by Crippen LogP contribution is -2.47. The van der Waals surface area contributed by atoms with Crippen molar-refractivity contribution in [3.8, 4) is 5.75 Å². The van der Waals surface area contributed by atoms with Crippen LogP contribution in [-0.2, 0) is 14.8 Å². The Morgan fingerprint density at radius 2 is 1.70 bits per heavy atom. The number of nitrogens with zero attached hydrogens (tertiary/aromatic N) is 1.